The van der Waals surface area contributed by atoms with Gasteiger partial charge in [0.05, 0.1) is 19.2 Å². The van der Waals surface area contributed by atoms with Crippen LogP contribution in [0.3, 0.4) is 0 Å². The lowest BCUT2D eigenvalue weighted by molar-refractivity contribution is -0.145. The van der Waals surface area contributed by atoms with Crippen molar-refractivity contribution in [1.82, 2.24) is 20.2 Å². The molecule has 2 N–H and O–H groups in total. The van der Waals surface area contributed by atoms with E-state index < -0.39 is 29.6 Å². The van der Waals surface area contributed by atoms with E-state index in [0.29, 0.717) is 35.6 Å². The summed E-state index contributed by atoms with van der Waals surface area (Å²) in [6.45, 7) is 0.229. The molecule has 1 aromatic carbocycles. The normalized spacial score (nSPS) is 26.5. The fourth-order valence-electron chi connectivity index (χ4n) is 6.01. The van der Waals surface area contributed by atoms with Crippen molar-refractivity contribution in [3.8, 4) is 22.2 Å². The Kier molecular flexibility index (Phi) is 7.85. The molecule has 0 radical (unpaired) electrons. The van der Waals surface area contributed by atoms with Crippen LogP contribution in [0.1, 0.15) is 51.4 Å². The minimum atomic E-state index is -1.33. The number of carbonyl (C=O) groups excluding carboxylic acids is 2. The lowest BCUT2D eigenvalue weighted by atomic mass is 10.1. The van der Waals surface area contributed by atoms with Crippen molar-refractivity contribution in [2.24, 2.45) is 5.92 Å². The van der Waals surface area contributed by atoms with E-state index in [1.807, 2.05) is 41.8 Å². The molecule has 2 amide bonds. The molecule has 1 saturated heterocycles. The first-order valence-corrected chi connectivity index (χ1v) is 15.3. The summed E-state index contributed by atoms with van der Waals surface area (Å²) in [5, 5.41) is 16.2. The topological polar surface area (TPSA) is 131 Å². The highest BCUT2D eigenvalue weighted by Crippen LogP contribution is 2.45. The van der Waals surface area contributed by atoms with Gasteiger partial charge in [-0.15, -0.1) is 11.3 Å². The standard InChI is InChI=1S/C31H34N4O6S/c1-40-20-10-11-22-23(14-20)33-24(29-32-12-13-42-29)16-26(22)41-21-15-25-28(37)34-31(30(38)39)17-19(31)8-6-4-2-3-5-7-9-27(36)35(25)18-21/h6,8,10-14,16,19,21,25H,2-5,7,9,15,17-18H2,1H3,(H,34,37)(H,38,39). The van der Waals surface area contributed by atoms with E-state index in [-0.39, 0.29) is 24.8 Å². The molecular weight excluding hydrogens is 556 g/mol. The van der Waals surface area contributed by atoms with Crippen LogP contribution < -0.4 is 14.8 Å². The molecule has 3 aliphatic rings. The van der Waals surface area contributed by atoms with Gasteiger partial charge in [-0.05, 0) is 37.8 Å². The van der Waals surface area contributed by atoms with E-state index in [1.165, 1.54) is 11.3 Å². The highest BCUT2D eigenvalue weighted by Gasteiger charge is 2.61. The van der Waals surface area contributed by atoms with Gasteiger partial charge in [-0.3, -0.25) is 9.59 Å². The van der Waals surface area contributed by atoms with Gasteiger partial charge >= 0.3 is 5.97 Å². The molecule has 2 fully saturated rings. The number of aliphatic carboxylic acids is 1. The summed E-state index contributed by atoms with van der Waals surface area (Å²) in [6.07, 6.45) is 10.6. The summed E-state index contributed by atoms with van der Waals surface area (Å²) in [4.78, 5) is 50.1. The molecule has 2 aliphatic heterocycles. The van der Waals surface area contributed by atoms with Crippen LogP contribution in [0.5, 0.6) is 11.5 Å². The zero-order valence-corrected chi connectivity index (χ0v) is 24.3. The summed E-state index contributed by atoms with van der Waals surface area (Å²) in [6, 6.07) is 6.57. The number of carboxylic acids is 1. The van der Waals surface area contributed by atoms with Crippen LogP contribution in [0.25, 0.3) is 21.6 Å². The monoisotopic (exact) mass is 590 g/mol. The second-order valence-electron chi connectivity index (χ2n) is 11.2. The Bertz CT molecular complexity index is 1530. The first-order chi connectivity index (χ1) is 20.4. The number of amides is 2. The number of nitrogens with one attached hydrogen (secondary N) is 1. The van der Waals surface area contributed by atoms with E-state index in [9.17, 15) is 19.5 Å². The first-order valence-electron chi connectivity index (χ1n) is 14.4. The van der Waals surface area contributed by atoms with Gasteiger partial charge in [0.15, 0.2) is 0 Å². The Labute approximate surface area is 247 Å². The molecule has 4 atom stereocenters. The van der Waals surface area contributed by atoms with Crippen LogP contribution in [-0.4, -0.2) is 69.1 Å². The van der Waals surface area contributed by atoms with Crippen molar-refractivity contribution in [2.75, 3.05) is 13.7 Å². The number of carboxylic acid groups (broad SMARTS) is 1. The highest BCUT2D eigenvalue weighted by molar-refractivity contribution is 7.13. The Hall–Kier alpha value is -3.99. The third-order valence-electron chi connectivity index (χ3n) is 8.43. The molecule has 4 heterocycles. The van der Waals surface area contributed by atoms with Crippen LogP contribution in [0, 0.1) is 5.92 Å². The Morgan fingerprint density at radius 1 is 1.19 bits per heavy atom. The van der Waals surface area contributed by atoms with Crippen LogP contribution in [0.15, 0.2) is 48.0 Å². The number of fused-ring (bicyclic) bond motifs is 3. The van der Waals surface area contributed by atoms with Crippen molar-refractivity contribution in [2.45, 2.75) is 69.1 Å². The Morgan fingerprint density at radius 3 is 2.83 bits per heavy atom. The number of hydrogen-bond donors (Lipinski definition) is 2. The third-order valence-corrected chi connectivity index (χ3v) is 9.23. The number of rotatable bonds is 5. The maximum absolute atomic E-state index is 13.6. The van der Waals surface area contributed by atoms with Crippen molar-refractivity contribution >= 4 is 40.0 Å². The van der Waals surface area contributed by atoms with Crippen LogP contribution >= 0.6 is 11.3 Å². The SMILES string of the molecule is COc1ccc2c(OC3CC4C(=O)NC5(C(=O)O)CC5C=CCCCCCCC(=O)N4C3)cc(-c3nccs3)nc2c1. The minimum Gasteiger partial charge on any atom is -0.497 e. The number of nitrogens with zero attached hydrogens (tertiary/aromatic N) is 3. The van der Waals surface area contributed by atoms with Gasteiger partial charge in [0.2, 0.25) is 11.8 Å². The van der Waals surface area contributed by atoms with Crippen molar-refractivity contribution in [3.05, 3.63) is 48.0 Å². The van der Waals surface area contributed by atoms with E-state index in [1.54, 1.807) is 18.2 Å². The maximum Gasteiger partial charge on any atom is 0.330 e. The van der Waals surface area contributed by atoms with E-state index in [4.69, 9.17) is 14.5 Å². The van der Waals surface area contributed by atoms with Gasteiger partial charge in [0.25, 0.3) is 0 Å². The number of aromatic nitrogens is 2. The van der Waals surface area contributed by atoms with Gasteiger partial charge in [0.1, 0.15) is 39.9 Å². The van der Waals surface area contributed by atoms with E-state index in [0.717, 1.165) is 42.5 Å². The summed E-state index contributed by atoms with van der Waals surface area (Å²) < 4.78 is 12.0. The van der Waals surface area contributed by atoms with Crippen LogP contribution in [0.2, 0.25) is 0 Å². The molecule has 1 aliphatic carbocycles. The zero-order chi connectivity index (χ0) is 29.3. The Morgan fingerprint density at radius 2 is 2.05 bits per heavy atom. The van der Waals surface area contributed by atoms with Gasteiger partial charge in [-0.2, -0.15) is 0 Å². The summed E-state index contributed by atoms with van der Waals surface area (Å²) >= 11 is 1.47. The number of pyridine rings is 1. The molecule has 2 aromatic heterocycles. The van der Waals surface area contributed by atoms with Crippen LogP contribution in [-0.2, 0) is 14.4 Å². The molecule has 0 bridgehead atoms. The predicted octanol–water partition coefficient (Wildman–Crippen LogP) is 4.59. The number of thiazole rings is 1. The van der Waals surface area contributed by atoms with Crippen LogP contribution in [0.4, 0.5) is 0 Å². The van der Waals surface area contributed by atoms with Gasteiger partial charge in [-0.1, -0.05) is 25.0 Å². The Balaban J connectivity index is 1.29. The minimum absolute atomic E-state index is 0.112. The second kappa shape index (κ2) is 11.7. The van der Waals surface area contributed by atoms with Crippen molar-refractivity contribution in [1.29, 1.82) is 0 Å². The lowest BCUT2D eigenvalue weighted by Crippen LogP contribution is -2.53. The molecule has 0 spiro atoms. The average Bonchev–Trinajstić information content (AvgIpc) is 3.31. The van der Waals surface area contributed by atoms with Gasteiger partial charge in [0, 0.05) is 47.9 Å². The van der Waals surface area contributed by atoms with Crippen molar-refractivity contribution in [3.63, 3.8) is 0 Å². The molecule has 220 valence electrons. The number of benzene rings is 1. The van der Waals surface area contributed by atoms with Gasteiger partial charge < -0.3 is 24.8 Å². The van der Waals surface area contributed by atoms with E-state index >= 15 is 0 Å². The molecule has 42 heavy (non-hydrogen) atoms. The van der Waals surface area contributed by atoms with Gasteiger partial charge in [-0.25, -0.2) is 14.8 Å². The largest absolute Gasteiger partial charge is 0.497 e. The fourth-order valence-corrected chi connectivity index (χ4v) is 6.61. The molecule has 3 aromatic rings. The molecule has 4 unspecified atom stereocenters. The zero-order valence-electron chi connectivity index (χ0n) is 23.5. The highest BCUT2D eigenvalue weighted by atomic mass is 32.1. The summed E-state index contributed by atoms with van der Waals surface area (Å²) in [5.41, 5.74) is -0.00158. The predicted molar refractivity (Wildman–Crippen MR) is 157 cm³/mol. The number of methoxy groups -OCH3 is 1. The van der Waals surface area contributed by atoms with Crippen molar-refractivity contribution < 1.29 is 29.0 Å². The number of hydrogen-bond acceptors (Lipinski definition) is 8. The third kappa shape index (κ3) is 5.57. The molecule has 11 heteroatoms. The van der Waals surface area contributed by atoms with E-state index in [2.05, 4.69) is 10.3 Å². The fraction of sp³-hybridized carbons (Fsp3) is 0.452. The quantitative estimate of drug-likeness (QED) is 0.413. The molecule has 6 rings (SSSR count). The average molecular weight is 591 g/mol. The smallest absolute Gasteiger partial charge is 0.330 e. The second-order valence-corrected chi connectivity index (χ2v) is 12.1. The molecule has 10 nitrogen and oxygen atoms in total. The number of allylic oxidation sites excluding steroid dienone is 1. The maximum atomic E-state index is 13.6. The number of carbonyl (C=O) groups is 3. The summed E-state index contributed by atoms with van der Waals surface area (Å²) in [5.74, 6) is -0.637. The summed E-state index contributed by atoms with van der Waals surface area (Å²) in [7, 11) is 1.60. The molecule has 1 saturated carbocycles. The first kappa shape index (κ1) is 28.1. The lowest BCUT2D eigenvalue weighted by Gasteiger charge is -2.25. The molecular formula is C31H34N4O6S. The number of ether oxygens (including phenoxy) is 2.